The fourth-order valence-electron chi connectivity index (χ4n) is 2.98. The predicted molar refractivity (Wildman–Crippen MR) is 105 cm³/mol. The number of nitrogens with one attached hydrogen (secondary N) is 1. The van der Waals surface area contributed by atoms with E-state index in [-0.39, 0.29) is 28.0 Å². The van der Waals surface area contributed by atoms with Crippen LogP contribution >= 0.6 is 0 Å². The van der Waals surface area contributed by atoms with Gasteiger partial charge in [-0.15, -0.1) is 0 Å². The quantitative estimate of drug-likeness (QED) is 0.697. The molecule has 1 saturated heterocycles. The SMILES string of the molecule is CNS(=O)(=O)c1cc(C(=O)N2CCCN(CC(=O)N(C)C)CC2)ccc1OC. The summed E-state index contributed by atoms with van der Waals surface area (Å²) in [6.07, 6.45) is 0.740. The summed E-state index contributed by atoms with van der Waals surface area (Å²) < 4.78 is 31.8. The van der Waals surface area contributed by atoms with Crippen molar-refractivity contribution in [3.05, 3.63) is 23.8 Å². The van der Waals surface area contributed by atoms with E-state index >= 15 is 0 Å². The van der Waals surface area contributed by atoms with Crippen LogP contribution in [0, 0.1) is 0 Å². The molecule has 1 aromatic carbocycles. The Morgan fingerprint density at radius 3 is 2.50 bits per heavy atom. The first-order chi connectivity index (χ1) is 13.2. The molecular weight excluding hydrogens is 384 g/mol. The van der Waals surface area contributed by atoms with Crippen LogP contribution in [-0.2, 0) is 14.8 Å². The molecule has 0 aliphatic carbocycles. The number of methoxy groups -OCH3 is 1. The van der Waals surface area contributed by atoms with Gasteiger partial charge in [-0.25, -0.2) is 13.1 Å². The Labute approximate surface area is 166 Å². The Bertz CT molecular complexity index is 825. The molecule has 0 spiro atoms. The van der Waals surface area contributed by atoms with Gasteiger partial charge in [-0.2, -0.15) is 0 Å². The van der Waals surface area contributed by atoms with Gasteiger partial charge in [0.1, 0.15) is 10.6 Å². The maximum atomic E-state index is 12.9. The highest BCUT2D eigenvalue weighted by atomic mass is 32.2. The van der Waals surface area contributed by atoms with Gasteiger partial charge in [0.05, 0.1) is 13.7 Å². The number of hydrogen-bond donors (Lipinski definition) is 1. The lowest BCUT2D eigenvalue weighted by molar-refractivity contribution is -0.129. The Kier molecular flexibility index (Phi) is 7.39. The summed E-state index contributed by atoms with van der Waals surface area (Å²) in [6, 6.07) is 4.39. The van der Waals surface area contributed by atoms with E-state index in [0.29, 0.717) is 26.2 Å². The Hall–Kier alpha value is -2.17. The van der Waals surface area contributed by atoms with Gasteiger partial charge >= 0.3 is 0 Å². The maximum Gasteiger partial charge on any atom is 0.253 e. The standard InChI is InChI=1S/C18H28N4O5S/c1-19-28(25,26)16-12-14(6-7-15(16)27-4)18(24)22-9-5-8-21(10-11-22)13-17(23)20(2)3/h6-7,12,19H,5,8-11,13H2,1-4H3. The van der Waals surface area contributed by atoms with Crippen molar-refractivity contribution >= 4 is 21.8 Å². The van der Waals surface area contributed by atoms with E-state index in [9.17, 15) is 18.0 Å². The topological polar surface area (TPSA) is 99.3 Å². The van der Waals surface area contributed by atoms with E-state index in [4.69, 9.17) is 4.74 Å². The summed E-state index contributed by atoms with van der Waals surface area (Å²) in [4.78, 5) is 30.0. The highest BCUT2D eigenvalue weighted by Crippen LogP contribution is 2.25. The first kappa shape index (κ1) is 22.1. The average molecular weight is 413 g/mol. The van der Waals surface area contributed by atoms with Crippen LogP contribution in [0.1, 0.15) is 16.8 Å². The summed E-state index contributed by atoms with van der Waals surface area (Å²) in [6.45, 7) is 2.65. The lowest BCUT2D eigenvalue weighted by atomic mass is 10.2. The first-order valence-electron chi connectivity index (χ1n) is 9.03. The van der Waals surface area contributed by atoms with Crippen molar-refractivity contribution in [1.82, 2.24) is 19.4 Å². The number of sulfonamides is 1. The van der Waals surface area contributed by atoms with E-state index in [1.54, 1.807) is 30.0 Å². The van der Waals surface area contributed by atoms with Crippen molar-refractivity contribution < 1.29 is 22.7 Å². The average Bonchev–Trinajstić information content (AvgIpc) is 2.92. The minimum Gasteiger partial charge on any atom is -0.495 e. The van der Waals surface area contributed by atoms with Crippen LogP contribution in [0.2, 0.25) is 0 Å². The molecular formula is C18H28N4O5S. The molecule has 28 heavy (non-hydrogen) atoms. The molecule has 2 rings (SSSR count). The highest BCUT2D eigenvalue weighted by Gasteiger charge is 2.25. The van der Waals surface area contributed by atoms with Crippen molar-refractivity contribution in [3.63, 3.8) is 0 Å². The van der Waals surface area contributed by atoms with Crippen LogP contribution < -0.4 is 9.46 Å². The van der Waals surface area contributed by atoms with Gasteiger partial charge in [-0.05, 0) is 31.7 Å². The summed E-state index contributed by atoms with van der Waals surface area (Å²) in [5, 5.41) is 0. The van der Waals surface area contributed by atoms with Crippen molar-refractivity contribution in [2.24, 2.45) is 0 Å². The van der Waals surface area contributed by atoms with Crippen LogP contribution in [0.5, 0.6) is 5.75 Å². The summed E-state index contributed by atoms with van der Waals surface area (Å²) in [7, 11) is 2.36. The zero-order valence-electron chi connectivity index (χ0n) is 16.8. The van der Waals surface area contributed by atoms with Gasteiger partial charge < -0.3 is 14.5 Å². The lowest BCUT2D eigenvalue weighted by Gasteiger charge is -2.23. The third-order valence-electron chi connectivity index (χ3n) is 4.70. The fourth-order valence-corrected chi connectivity index (χ4v) is 3.90. The second kappa shape index (κ2) is 9.35. The van der Waals surface area contributed by atoms with E-state index in [1.165, 1.54) is 26.3 Å². The van der Waals surface area contributed by atoms with Crippen LogP contribution in [0.25, 0.3) is 0 Å². The Morgan fingerprint density at radius 1 is 1.18 bits per heavy atom. The number of likely N-dealkylation sites (N-methyl/N-ethyl adjacent to an activating group) is 1. The maximum absolute atomic E-state index is 12.9. The Morgan fingerprint density at radius 2 is 1.89 bits per heavy atom. The van der Waals surface area contributed by atoms with E-state index in [1.807, 2.05) is 4.90 Å². The van der Waals surface area contributed by atoms with Crippen molar-refractivity contribution in [1.29, 1.82) is 0 Å². The molecule has 1 heterocycles. The Balaban J connectivity index is 2.16. The number of carbonyl (C=O) groups is 2. The van der Waals surface area contributed by atoms with Gasteiger partial charge in [0, 0.05) is 45.8 Å². The number of carbonyl (C=O) groups excluding carboxylic acids is 2. The molecule has 0 bridgehead atoms. The molecule has 0 atom stereocenters. The second-order valence-electron chi connectivity index (χ2n) is 6.78. The second-order valence-corrected chi connectivity index (χ2v) is 8.64. The minimum atomic E-state index is -3.76. The summed E-state index contributed by atoms with van der Waals surface area (Å²) in [5.41, 5.74) is 0.285. The zero-order valence-corrected chi connectivity index (χ0v) is 17.6. The number of rotatable bonds is 6. The molecule has 10 heteroatoms. The number of amides is 2. The van der Waals surface area contributed by atoms with Gasteiger partial charge in [0.25, 0.3) is 5.91 Å². The van der Waals surface area contributed by atoms with Crippen molar-refractivity contribution in [2.45, 2.75) is 11.3 Å². The molecule has 1 fully saturated rings. The molecule has 9 nitrogen and oxygen atoms in total. The molecule has 1 aliphatic heterocycles. The van der Waals surface area contributed by atoms with Gasteiger partial charge in [0.15, 0.2) is 0 Å². The number of hydrogen-bond acceptors (Lipinski definition) is 6. The third-order valence-corrected chi connectivity index (χ3v) is 6.14. The van der Waals surface area contributed by atoms with Crippen LogP contribution in [0.3, 0.4) is 0 Å². The van der Waals surface area contributed by atoms with Crippen LogP contribution in [0.15, 0.2) is 23.1 Å². The van der Waals surface area contributed by atoms with E-state index in [2.05, 4.69) is 4.72 Å². The smallest absolute Gasteiger partial charge is 0.253 e. The zero-order chi connectivity index (χ0) is 20.9. The van der Waals surface area contributed by atoms with Crippen LogP contribution in [0.4, 0.5) is 0 Å². The van der Waals surface area contributed by atoms with Crippen molar-refractivity contribution in [2.75, 3.05) is 61.0 Å². The van der Waals surface area contributed by atoms with Crippen LogP contribution in [-0.4, -0.2) is 95.9 Å². The normalized spacial score (nSPS) is 15.8. The minimum absolute atomic E-state index is 0.0249. The fraction of sp³-hybridized carbons (Fsp3) is 0.556. The van der Waals surface area contributed by atoms with Crippen molar-refractivity contribution in [3.8, 4) is 5.75 Å². The van der Waals surface area contributed by atoms with E-state index < -0.39 is 10.0 Å². The van der Waals surface area contributed by atoms with E-state index in [0.717, 1.165) is 13.0 Å². The largest absolute Gasteiger partial charge is 0.495 e. The van der Waals surface area contributed by atoms with Gasteiger partial charge in [-0.3, -0.25) is 14.5 Å². The molecule has 156 valence electrons. The lowest BCUT2D eigenvalue weighted by Crippen LogP contribution is -2.39. The number of benzene rings is 1. The molecule has 0 radical (unpaired) electrons. The molecule has 1 aromatic rings. The molecule has 0 unspecified atom stereocenters. The molecule has 1 N–H and O–H groups in total. The molecule has 1 aliphatic rings. The summed E-state index contributed by atoms with van der Waals surface area (Å²) >= 11 is 0. The molecule has 0 saturated carbocycles. The molecule has 0 aromatic heterocycles. The number of nitrogens with zero attached hydrogens (tertiary/aromatic N) is 3. The first-order valence-corrected chi connectivity index (χ1v) is 10.5. The van der Waals surface area contributed by atoms with Gasteiger partial charge in [0.2, 0.25) is 15.9 Å². The third kappa shape index (κ3) is 5.21. The number of ether oxygens (including phenoxy) is 1. The highest BCUT2D eigenvalue weighted by molar-refractivity contribution is 7.89. The summed E-state index contributed by atoms with van der Waals surface area (Å²) in [5.74, 6) is -0.0389. The monoisotopic (exact) mass is 412 g/mol. The molecule has 2 amide bonds. The predicted octanol–water partition coefficient (Wildman–Crippen LogP) is -0.161. The van der Waals surface area contributed by atoms with Gasteiger partial charge in [-0.1, -0.05) is 0 Å².